The van der Waals surface area contributed by atoms with Gasteiger partial charge in [-0.25, -0.2) is 8.42 Å². The third-order valence-electron chi connectivity index (χ3n) is 2.97. The second kappa shape index (κ2) is 5.32. The van der Waals surface area contributed by atoms with Gasteiger partial charge in [0.25, 0.3) is 0 Å². The summed E-state index contributed by atoms with van der Waals surface area (Å²) < 4.78 is 30.3. The van der Waals surface area contributed by atoms with E-state index in [9.17, 15) is 13.2 Å². The highest BCUT2D eigenvalue weighted by Gasteiger charge is 2.25. The normalized spacial score (nSPS) is 14.7. The number of sulfonamides is 1. The van der Waals surface area contributed by atoms with Crippen molar-refractivity contribution in [3.05, 3.63) is 18.2 Å². The molecule has 7 heteroatoms. The molecule has 0 saturated heterocycles. The zero-order chi connectivity index (χ0) is 14.9. The van der Waals surface area contributed by atoms with E-state index >= 15 is 0 Å². The first kappa shape index (κ1) is 14.6. The van der Waals surface area contributed by atoms with Crippen molar-refractivity contribution in [3.63, 3.8) is 0 Å². The summed E-state index contributed by atoms with van der Waals surface area (Å²) in [5.41, 5.74) is 1.02. The average molecular weight is 298 g/mol. The van der Waals surface area contributed by atoms with Gasteiger partial charge < -0.3 is 10.1 Å². The number of rotatable bonds is 3. The van der Waals surface area contributed by atoms with E-state index in [0.29, 0.717) is 23.7 Å². The van der Waals surface area contributed by atoms with E-state index in [1.54, 1.807) is 32.0 Å². The molecule has 1 N–H and O–H groups in total. The van der Waals surface area contributed by atoms with Crippen LogP contribution in [-0.4, -0.2) is 33.7 Å². The summed E-state index contributed by atoms with van der Waals surface area (Å²) in [6.45, 7) is 4.17. The molecule has 1 aliphatic heterocycles. The number of amides is 1. The topological polar surface area (TPSA) is 75.7 Å². The number of ether oxygens (including phenoxy) is 1. The van der Waals surface area contributed by atoms with Crippen molar-refractivity contribution in [2.24, 2.45) is 5.92 Å². The van der Waals surface area contributed by atoms with E-state index in [2.05, 4.69) is 5.32 Å². The van der Waals surface area contributed by atoms with Crippen molar-refractivity contribution in [2.75, 3.05) is 29.0 Å². The highest BCUT2D eigenvalue weighted by atomic mass is 32.2. The van der Waals surface area contributed by atoms with Gasteiger partial charge in [0, 0.05) is 11.6 Å². The van der Waals surface area contributed by atoms with Gasteiger partial charge in [-0.3, -0.25) is 9.10 Å². The number of fused-ring (bicyclic) bond motifs is 1. The quantitative estimate of drug-likeness (QED) is 0.916. The van der Waals surface area contributed by atoms with Crippen LogP contribution in [0.3, 0.4) is 0 Å². The predicted octanol–water partition coefficient (Wildman–Crippen LogP) is 1.44. The number of anilines is 2. The molecule has 0 spiro atoms. The Morgan fingerprint density at radius 1 is 1.40 bits per heavy atom. The van der Waals surface area contributed by atoms with Crippen molar-refractivity contribution >= 4 is 27.3 Å². The van der Waals surface area contributed by atoms with Gasteiger partial charge in [0.1, 0.15) is 12.4 Å². The van der Waals surface area contributed by atoms with Crippen molar-refractivity contribution in [2.45, 2.75) is 13.8 Å². The van der Waals surface area contributed by atoms with Gasteiger partial charge in [-0.15, -0.1) is 0 Å². The molecule has 0 fully saturated rings. The van der Waals surface area contributed by atoms with Gasteiger partial charge in [0.05, 0.1) is 18.5 Å². The standard InChI is InChI=1S/C13H18N2O4S/c1-9(2)13(16)14-10-4-5-12-11(8-10)15(6-7-19-12)20(3,17)18/h4-5,8-9H,6-7H2,1-3H3,(H,14,16). The first-order valence-electron chi connectivity index (χ1n) is 6.34. The van der Waals surface area contributed by atoms with Crippen LogP contribution < -0.4 is 14.4 Å². The van der Waals surface area contributed by atoms with Crippen LogP contribution in [0.5, 0.6) is 5.75 Å². The lowest BCUT2D eigenvalue weighted by Crippen LogP contribution is -2.37. The lowest BCUT2D eigenvalue weighted by Gasteiger charge is -2.29. The molecule has 1 amide bonds. The Morgan fingerprint density at radius 2 is 2.10 bits per heavy atom. The summed E-state index contributed by atoms with van der Waals surface area (Å²) in [6.07, 6.45) is 1.15. The summed E-state index contributed by atoms with van der Waals surface area (Å²) >= 11 is 0. The maximum atomic E-state index is 11.8. The second-order valence-electron chi connectivity index (χ2n) is 5.01. The predicted molar refractivity (Wildman–Crippen MR) is 77.6 cm³/mol. The van der Waals surface area contributed by atoms with E-state index < -0.39 is 10.0 Å². The third-order valence-corrected chi connectivity index (χ3v) is 4.15. The molecule has 0 bridgehead atoms. The van der Waals surface area contributed by atoms with Gasteiger partial charge >= 0.3 is 0 Å². The molecule has 2 rings (SSSR count). The summed E-state index contributed by atoms with van der Waals surface area (Å²) in [5.74, 6) is 0.241. The van der Waals surface area contributed by atoms with Gasteiger partial charge in [-0.2, -0.15) is 0 Å². The van der Waals surface area contributed by atoms with Gasteiger partial charge in [0.2, 0.25) is 15.9 Å². The minimum absolute atomic E-state index is 0.118. The first-order chi connectivity index (χ1) is 9.29. The fraction of sp³-hybridized carbons (Fsp3) is 0.462. The van der Waals surface area contributed by atoms with Crippen LogP contribution >= 0.6 is 0 Å². The van der Waals surface area contributed by atoms with Crippen molar-refractivity contribution in [3.8, 4) is 5.75 Å². The van der Waals surface area contributed by atoms with Crippen molar-refractivity contribution in [1.82, 2.24) is 0 Å². The fourth-order valence-corrected chi connectivity index (χ4v) is 2.81. The molecule has 1 aromatic rings. The Labute approximate surface area is 118 Å². The van der Waals surface area contributed by atoms with E-state index in [1.807, 2.05) is 0 Å². The highest BCUT2D eigenvalue weighted by Crippen LogP contribution is 2.35. The Morgan fingerprint density at radius 3 is 2.70 bits per heavy atom. The first-order valence-corrected chi connectivity index (χ1v) is 8.19. The molecule has 0 atom stereocenters. The smallest absolute Gasteiger partial charge is 0.232 e. The van der Waals surface area contributed by atoms with Crippen LogP contribution in [0.4, 0.5) is 11.4 Å². The molecule has 1 aromatic carbocycles. The van der Waals surface area contributed by atoms with Crippen LogP contribution in [-0.2, 0) is 14.8 Å². The lowest BCUT2D eigenvalue weighted by molar-refractivity contribution is -0.118. The number of benzene rings is 1. The number of carbonyl (C=O) groups is 1. The Bertz CT molecular complexity index is 625. The number of hydrogen-bond acceptors (Lipinski definition) is 4. The van der Waals surface area contributed by atoms with Gasteiger partial charge in [0.15, 0.2) is 0 Å². The molecular formula is C13H18N2O4S. The zero-order valence-electron chi connectivity index (χ0n) is 11.7. The number of hydrogen-bond donors (Lipinski definition) is 1. The number of nitrogens with zero attached hydrogens (tertiary/aromatic N) is 1. The molecule has 0 aromatic heterocycles. The Hall–Kier alpha value is -1.76. The maximum absolute atomic E-state index is 11.8. The number of carbonyl (C=O) groups excluding carboxylic acids is 1. The largest absolute Gasteiger partial charge is 0.489 e. The van der Waals surface area contributed by atoms with Crippen LogP contribution in [0.1, 0.15) is 13.8 Å². The Balaban J connectivity index is 2.35. The molecule has 1 heterocycles. The summed E-state index contributed by atoms with van der Waals surface area (Å²) in [4.78, 5) is 11.7. The Kier molecular flexibility index (Phi) is 3.89. The highest BCUT2D eigenvalue weighted by molar-refractivity contribution is 7.92. The summed E-state index contributed by atoms with van der Waals surface area (Å²) in [5, 5.41) is 2.75. The molecule has 0 unspecified atom stereocenters. The van der Waals surface area contributed by atoms with E-state index in [1.165, 1.54) is 4.31 Å². The summed E-state index contributed by atoms with van der Waals surface area (Å²) in [6, 6.07) is 4.99. The fourth-order valence-electron chi connectivity index (χ4n) is 1.90. The third kappa shape index (κ3) is 3.04. The molecule has 1 aliphatic rings. The van der Waals surface area contributed by atoms with Crippen LogP contribution in [0, 0.1) is 5.92 Å². The van der Waals surface area contributed by atoms with Crippen LogP contribution in [0.2, 0.25) is 0 Å². The number of nitrogens with one attached hydrogen (secondary N) is 1. The molecule has 20 heavy (non-hydrogen) atoms. The van der Waals surface area contributed by atoms with Gasteiger partial charge in [-0.1, -0.05) is 13.8 Å². The van der Waals surface area contributed by atoms with Crippen LogP contribution in [0.25, 0.3) is 0 Å². The summed E-state index contributed by atoms with van der Waals surface area (Å²) in [7, 11) is -3.36. The lowest BCUT2D eigenvalue weighted by atomic mass is 10.2. The minimum atomic E-state index is -3.36. The SMILES string of the molecule is CC(C)C(=O)Nc1ccc2c(c1)N(S(C)(=O)=O)CCO2. The second-order valence-corrected chi connectivity index (χ2v) is 6.92. The van der Waals surface area contributed by atoms with Crippen molar-refractivity contribution < 1.29 is 17.9 Å². The average Bonchev–Trinajstić information content (AvgIpc) is 2.36. The molecule has 0 aliphatic carbocycles. The molecule has 0 radical (unpaired) electrons. The molecule has 6 nitrogen and oxygen atoms in total. The minimum Gasteiger partial charge on any atom is -0.489 e. The van der Waals surface area contributed by atoms with Crippen LogP contribution in [0.15, 0.2) is 18.2 Å². The molecule has 110 valence electrons. The van der Waals surface area contributed by atoms with Gasteiger partial charge in [-0.05, 0) is 18.2 Å². The monoisotopic (exact) mass is 298 g/mol. The van der Waals surface area contributed by atoms with E-state index in [0.717, 1.165) is 6.26 Å². The van der Waals surface area contributed by atoms with E-state index in [4.69, 9.17) is 4.74 Å². The zero-order valence-corrected chi connectivity index (χ0v) is 12.5. The van der Waals surface area contributed by atoms with Crippen molar-refractivity contribution in [1.29, 1.82) is 0 Å². The maximum Gasteiger partial charge on any atom is 0.232 e. The molecule has 0 saturated carbocycles. The molecular weight excluding hydrogens is 280 g/mol. The van der Waals surface area contributed by atoms with E-state index in [-0.39, 0.29) is 18.4 Å².